The van der Waals surface area contributed by atoms with Gasteiger partial charge in [-0.1, -0.05) is 32.1 Å². The van der Waals surface area contributed by atoms with E-state index in [0.717, 1.165) is 25.7 Å². The fourth-order valence-electron chi connectivity index (χ4n) is 1.11. The molecule has 0 aliphatic rings. The van der Waals surface area contributed by atoms with E-state index in [9.17, 15) is 13.2 Å². The predicted molar refractivity (Wildman–Crippen MR) is 62.6 cm³/mol. The molecule has 0 aromatic rings. The fourth-order valence-corrected chi connectivity index (χ4v) is 1.91. The Balaban J connectivity index is 3.72. The van der Waals surface area contributed by atoms with Crippen LogP contribution in [0.4, 0.5) is 0 Å². The van der Waals surface area contributed by atoms with Crippen molar-refractivity contribution in [3.8, 4) is 12.3 Å². The molecule has 16 heavy (non-hydrogen) atoms. The summed E-state index contributed by atoms with van der Waals surface area (Å²) < 4.78 is 27.0. The van der Waals surface area contributed by atoms with E-state index in [1.807, 2.05) is 5.92 Å². The summed E-state index contributed by atoms with van der Waals surface area (Å²) in [5.74, 6) is 0.247. The molecule has 0 saturated heterocycles. The maximum atomic E-state index is 11.1. The summed E-state index contributed by atoms with van der Waals surface area (Å²) in [5.41, 5.74) is 0. The van der Waals surface area contributed by atoms with Crippen molar-refractivity contribution in [3.05, 3.63) is 0 Å². The van der Waals surface area contributed by atoms with Gasteiger partial charge in [0.1, 0.15) is 11.5 Å². The number of ether oxygens (including phenoxy) is 1. The van der Waals surface area contributed by atoms with Crippen LogP contribution < -0.4 is 0 Å². The first-order valence-corrected chi connectivity index (χ1v) is 7.13. The van der Waals surface area contributed by atoms with Crippen LogP contribution in [0.2, 0.25) is 0 Å². The SMILES string of the molecule is C#CCS(=O)(=O)CC(=O)OCCCCCC. The van der Waals surface area contributed by atoms with E-state index < -0.39 is 27.3 Å². The van der Waals surface area contributed by atoms with Crippen LogP contribution in [-0.4, -0.2) is 32.5 Å². The van der Waals surface area contributed by atoms with Gasteiger partial charge in [-0.15, -0.1) is 6.42 Å². The molecular formula is C11H18O4S. The molecule has 0 N–H and O–H groups in total. The molecule has 0 spiro atoms. The topological polar surface area (TPSA) is 60.4 Å². The molecule has 4 nitrogen and oxygen atoms in total. The highest BCUT2D eigenvalue weighted by Gasteiger charge is 2.16. The summed E-state index contributed by atoms with van der Waals surface area (Å²) in [7, 11) is -3.49. The second kappa shape index (κ2) is 8.17. The average Bonchev–Trinajstić information content (AvgIpc) is 2.16. The van der Waals surface area contributed by atoms with Crippen molar-refractivity contribution in [3.63, 3.8) is 0 Å². The summed E-state index contributed by atoms with van der Waals surface area (Å²) in [5, 5.41) is 0. The molecular weight excluding hydrogens is 228 g/mol. The number of terminal acetylenes is 1. The van der Waals surface area contributed by atoms with Crippen LogP contribution in [-0.2, 0) is 19.4 Å². The zero-order valence-electron chi connectivity index (χ0n) is 9.57. The monoisotopic (exact) mass is 246 g/mol. The predicted octanol–water partition coefficient (Wildman–Crippen LogP) is 1.16. The standard InChI is InChI=1S/C11H18O4S/c1-3-5-6-7-8-15-11(12)10-16(13,14)9-4-2/h2H,3,5-10H2,1H3. The number of hydrogen-bond donors (Lipinski definition) is 0. The molecule has 0 atom stereocenters. The van der Waals surface area contributed by atoms with Crippen molar-refractivity contribution in [2.75, 3.05) is 18.1 Å². The minimum absolute atomic E-state index is 0.282. The van der Waals surface area contributed by atoms with Crippen molar-refractivity contribution in [2.24, 2.45) is 0 Å². The van der Waals surface area contributed by atoms with Crippen molar-refractivity contribution in [2.45, 2.75) is 32.6 Å². The second-order valence-corrected chi connectivity index (χ2v) is 5.58. The molecule has 0 aliphatic carbocycles. The van der Waals surface area contributed by atoms with Crippen LogP contribution in [0, 0.1) is 12.3 Å². The molecule has 92 valence electrons. The van der Waals surface area contributed by atoms with Crippen molar-refractivity contribution < 1.29 is 17.9 Å². The number of esters is 1. The van der Waals surface area contributed by atoms with Gasteiger partial charge in [-0.25, -0.2) is 8.42 Å². The number of unbranched alkanes of at least 4 members (excludes halogenated alkanes) is 3. The van der Waals surface area contributed by atoms with E-state index in [0.29, 0.717) is 0 Å². The van der Waals surface area contributed by atoms with Crippen LogP contribution in [0.3, 0.4) is 0 Å². The van der Waals surface area contributed by atoms with Gasteiger partial charge < -0.3 is 4.74 Å². The zero-order chi connectivity index (χ0) is 12.4. The van der Waals surface area contributed by atoms with E-state index in [2.05, 4.69) is 6.92 Å². The lowest BCUT2D eigenvalue weighted by Crippen LogP contribution is -2.20. The van der Waals surface area contributed by atoms with Crippen molar-refractivity contribution in [1.29, 1.82) is 0 Å². The molecule has 0 radical (unpaired) electrons. The Bertz CT molecular complexity index is 337. The molecule has 0 heterocycles. The first-order chi connectivity index (χ1) is 7.52. The van der Waals surface area contributed by atoms with Crippen LogP contribution >= 0.6 is 0 Å². The summed E-state index contributed by atoms with van der Waals surface area (Å²) in [6, 6.07) is 0. The summed E-state index contributed by atoms with van der Waals surface area (Å²) in [6.07, 6.45) is 8.82. The van der Waals surface area contributed by atoms with Crippen LogP contribution in [0.1, 0.15) is 32.6 Å². The number of carbonyl (C=O) groups is 1. The highest BCUT2D eigenvalue weighted by molar-refractivity contribution is 7.92. The molecule has 0 fully saturated rings. The number of hydrogen-bond acceptors (Lipinski definition) is 4. The maximum absolute atomic E-state index is 11.1. The van der Waals surface area contributed by atoms with Gasteiger partial charge in [0, 0.05) is 0 Å². The first-order valence-electron chi connectivity index (χ1n) is 5.31. The van der Waals surface area contributed by atoms with E-state index in [1.165, 1.54) is 0 Å². The van der Waals surface area contributed by atoms with Gasteiger partial charge in [0.2, 0.25) is 0 Å². The van der Waals surface area contributed by atoms with Gasteiger partial charge in [0.25, 0.3) is 0 Å². The average molecular weight is 246 g/mol. The molecule has 5 heteroatoms. The van der Waals surface area contributed by atoms with E-state index in [4.69, 9.17) is 11.2 Å². The quantitative estimate of drug-likeness (QED) is 0.366. The smallest absolute Gasteiger partial charge is 0.321 e. The lowest BCUT2D eigenvalue weighted by molar-refractivity contribution is -0.140. The second-order valence-electron chi connectivity index (χ2n) is 3.52. The lowest BCUT2D eigenvalue weighted by Gasteiger charge is -2.04. The third-order valence-electron chi connectivity index (χ3n) is 1.90. The van der Waals surface area contributed by atoms with E-state index >= 15 is 0 Å². The molecule has 0 saturated carbocycles. The lowest BCUT2D eigenvalue weighted by atomic mass is 10.2. The molecule has 0 rings (SSSR count). The van der Waals surface area contributed by atoms with Gasteiger partial charge in [-0.05, 0) is 6.42 Å². The Morgan fingerprint density at radius 1 is 1.31 bits per heavy atom. The van der Waals surface area contributed by atoms with Gasteiger partial charge in [0.15, 0.2) is 9.84 Å². The van der Waals surface area contributed by atoms with Gasteiger partial charge in [-0.2, -0.15) is 0 Å². The minimum Gasteiger partial charge on any atom is -0.465 e. The Hall–Kier alpha value is -1.02. The van der Waals surface area contributed by atoms with Gasteiger partial charge in [0.05, 0.1) is 6.61 Å². The third kappa shape index (κ3) is 8.30. The Labute approximate surface area is 97.3 Å². The van der Waals surface area contributed by atoms with Gasteiger partial charge in [-0.3, -0.25) is 4.79 Å². The maximum Gasteiger partial charge on any atom is 0.321 e. The largest absolute Gasteiger partial charge is 0.465 e. The Morgan fingerprint density at radius 2 is 2.00 bits per heavy atom. The summed E-state index contributed by atoms with van der Waals surface area (Å²) >= 11 is 0. The van der Waals surface area contributed by atoms with Crippen LogP contribution in [0.15, 0.2) is 0 Å². The highest BCUT2D eigenvalue weighted by atomic mass is 32.2. The summed E-state index contributed by atoms with van der Waals surface area (Å²) in [4.78, 5) is 11.1. The summed E-state index contributed by atoms with van der Waals surface area (Å²) in [6.45, 7) is 2.36. The van der Waals surface area contributed by atoms with Crippen molar-refractivity contribution in [1.82, 2.24) is 0 Å². The third-order valence-corrected chi connectivity index (χ3v) is 3.18. The molecule has 0 aromatic heterocycles. The van der Waals surface area contributed by atoms with Crippen LogP contribution in [0.25, 0.3) is 0 Å². The fraction of sp³-hybridized carbons (Fsp3) is 0.727. The molecule has 0 bridgehead atoms. The molecule has 0 amide bonds. The van der Waals surface area contributed by atoms with E-state index in [-0.39, 0.29) is 6.61 Å². The minimum atomic E-state index is -3.49. The number of sulfone groups is 1. The van der Waals surface area contributed by atoms with Crippen molar-refractivity contribution >= 4 is 15.8 Å². The molecule has 0 unspecified atom stereocenters. The van der Waals surface area contributed by atoms with Gasteiger partial charge >= 0.3 is 5.97 Å². The number of rotatable bonds is 8. The normalized spacial score (nSPS) is 10.8. The highest BCUT2D eigenvalue weighted by Crippen LogP contribution is 1.99. The van der Waals surface area contributed by atoms with E-state index in [1.54, 1.807) is 0 Å². The Kier molecular flexibility index (Phi) is 7.65. The molecule has 0 aliphatic heterocycles. The van der Waals surface area contributed by atoms with Crippen LogP contribution in [0.5, 0.6) is 0 Å². The zero-order valence-corrected chi connectivity index (χ0v) is 10.4. The first kappa shape index (κ1) is 15.0. The Morgan fingerprint density at radius 3 is 2.56 bits per heavy atom. The molecule has 0 aromatic carbocycles. The number of carbonyl (C=O) groups excluding carboxylic acids is 1.